The summed E-state index contributed by atoms with van der Waals surface area (Å²) >= 11 is 0. The smallest absolute Gasteiger partial charge is 0.319 e. The molecule has 6 nitrogen and oxygen atoms in total. The van der Waals surface area contributed by atoms with Gasteiger partial charge in [-0.1, -0.05) is 0 Å². The monoisotopic (exact) mass is 398 g/mol. The largest absolute Gasteiger partial charge is 0.342 e. The van der Waals surface area contributed by atoms with E-state index in [0.717, 1.165) is 78.0 Å². The number of amides is 3. The van der Waals surface area contributed by atoms with Crippen molar-refractivity contribution in [2.24, 2.45) is 11.3 Å². The lowest BCUT2D eigenvalue weighted by Crippen LogP contribution is -2.51. The van der Waals surface area contributed by atoms with Gasteiger partial charge in [-0.15, -0.1) is 12.4 Å². The van der Waals surface area contributed by atoms with E-state index in [-0.39, 0.29) is 24.4 Å². The second-order valence-electron chi connectivity index (χ2n) is 8.81. The van der Waals surface area contributed by atoms with Gasteiger partial charge in [0.2, 0.25) is 5.91 Å². The minimum absolute atomic E-state index is 0. The van der Waals surface area contributed by atoms with E-state index >= 15 is 0 Å². The topological polar surface area (TPSA) is 55.9 Å². The molecular formula is C20H35ClN4O2. The molecule has 4 heterocycles. The second-order valence-corrected chi connectivity index (χ2v) is 8.81. The second kappa shape index (κ2) is 8.99. The quantitative estimate of drug-likeness (QED) is 0.737. The molecule has 0 aromatic rings. The highest BCUT2D eigenvalue weighted by Gasteiger charge is 2.39. The molecule has 0 bridgehead atoms. The zero-order chi connectivity index (χ0) is 18.0. The lowest BCUT2D eigenvalue weighted by molar-refractivity contribution is -0.139. The molecule has 7 heteroatoms. The van der Waals surface area contributed by atoms with Crippen molar-refractivity contribution in [3.63, 3.8) is 0 Å². The van der Waals surface area contributed by atoms with Crippen LogP contribution >= 0.6 is 12.4 Å². The molecule has 0 aromatic carbocycles. The standard InChI is InChI=1S/C20H34N4O2.ClH/c25-18(22-15-7-20(8-16-22)5-9-21-10-6-20)17-3-13-24(14-4-17)19(26)23-11-1-2-12-23;/h17,21H,1-16H2;1H. The molecule has 4 rings (SSSR count). The van der Waals surface area contributed by atoms with Gasteiger partial charge < -0.3 is 20.0 Å². The number of rotatable bonds is 1. The van der Waals surface area contributed by atoms with Gasteiger partial charge in [0.05, 0.1) is 0 Å². The summed E-state index contributed by atoms with van der Waals surface area (Å²) in [6.45, 7) is 7.45. The summed E-state index contributed by atoms with van der Waals surface area (Å²) in [5, 5.41) is 3.46. The average Bonchev–Trinajstić information content (AvgIpc) is 3.23. The van der Waals surface area contributed by atoms with Gasteiger partial charge in [-0.05, 0) is 69.9 Å². The summed E-state index contributed by atoms with van der Waals surface area (Å²) in [6.07, 6.45) is 8.83. The summed E-state index contributed by atoms with van der Waals surface area (Å²) < 4.78 is 0. The van der Waals surface area contributed by atoms with Crippen LogP contribution in [-0.4, -0.2) is 79.0 Å². The van der Waals surface area contributed by atoms with Crippen LogP contribution in [0, 0.1) is 11.3 Å². The molecule has 0 atom stereocenters. The zero-order valence-corrected chi connectivity index (χ0v) is 17.3. The van der Waals surface area contributed by atoms with Gasteiger partial charge in [0.25, 0.3) is 0 Å². The molecule has 1 N–H and O–H groups in total. The van der Waals surface area contributed by atoms with Crippen molar-refractivity contribution >= 4 is 24.3 Å². The van der Waals surface area contributed by atoms with Gasteiger partial charge >= 0.3 is 6.03 Å². The Morgan fingerprint density at radius 1 is 0.741 bits per heavy atom. The number of nitrogens with zero attached hydrogens (tertiary/aromatic N) is 3. The third-order valence-corrected chi connectivity index (χ3v) is 7.29. The van der Waals surface area contributed by atoms with Crippen molar-refractivity contribution in [3.05, 3.63) is 0 Å². The number of halogens is 1. The van der Waals surface area contributed by atoms with Crippen molar-refractivity contribution in [2.45, 2.75) is 51.4 Å². The molecule has 4 fully saturated rings. The summed E-state index contributed by atoms with van der Waals surface area (Å²) in [6, 6.07) is 0.194. The SMILES string of the molecule is Cl.O=C(C1CCN(C(=O)N2CCCC2)CC1)N1CCC2(CCNCC2)CC1. The molecule has 4 aliphatic rings. The molecular weight excluding hydrogens is 364 g/mol. The number of likely N-dealkylation sites (tertiary alicyclic amines) is 3. The zero-order valence-electron chi connectivity index (χ0n) is 16.5. The fourth-order valence-corrected chi connectivity index (χ4v) is 5.34. The predicted octanol–water partition coefficient (Wildman–Crippen LogP) is 2.33. The number of hydrogen-bond acceptors (Lipinski definition) is 3. The number of hydrogen-bond donors (Lipinski definition) is 1. The van der Waals surface area contributed by atoms with Gasteiger partial charge in [-0.3, -0.25) is 4.79 Å². The van der Waals surface area contributed by atoms with E-state index in [0.29, 0.717) is 11.3 Å². The highest BCUT2D eigenvalue weighted by atomic mass is 35.5. The maximum atomic E-state index is 13.0. The van der Waals surface area contributed by atoms with Crippen LogP contribution in [0.3, 0.4) is 0 Å². The first-order valence-corrected chi connectivity index (χ1v) is 10.7. The third kappa shape index (κ3) is 4.53. The average molecular weight is 399 g/mol. The Morgan fingerprint density at radius 3 is 1.89 bits per heavy atom. The van der Waals surface area contributed by atoms with Gasteiger partial charge in [0.15, 0.2) is 0 Å². The predicted molar refractivity (Wildman–Crippen MR) is 108 cm³/mol. The van der Waals surface area contributed by atoms with Crippen LogP contribution in [0.4, 0.5) is 4.79 Å². The first kappa shape index (κ1) is 20.7. The van der Waals surface area contributed by atoms with Crippen LogP contribution in [0.25, 0.3) is 0 Å². The molecule has 0 aliphatic carbocycles. The highest BCUT2D eigenvalue weighted by Crippen LogP contribution is 2.40. The number of nitrogens with one attached hydrogen (secondary N) is 1. The first-order chi connectivity index (χ1) is 12.7. The van der Waals surface area contributed by atoms with Gasteiger partial charge in [-0.25, -0.2) is 4.79 Å². The molecule has 3 amide bonds. The first-order valence-electron chi connectivity index (χ1n) is 10.7. The van der Waals surface area contributed by atoms with Gasteiger partial charge in [-0.2, -0.15) is 0 Å². The summed E-state index contributed by atoms with van der Waals surface area (Å²) in [7, 11) is 0. The van der Waals surface area contributed by atoms with Crippen molar-refractivity contribution < 1.29 is 9.59 Å². The molecule has 0 aromatic heterocycles. The Hall–Kier alpha value is -1.01. The summed E-state index contributed by atoms with van der Waals surface area (Å²) in [5.41, 5.74) is 0.494. The van der Waals surface area contributed by atoms with Crippen molar-refractivity contribution in [1.82, 2.24) is 20.0 Å². The van der Waals surface area contributed by atoms with E-state index in [1.165, 1.54) is 25.7 Å². The fraction of sp³-hybridized carbons (Fsp3) is 0.900. The van der Waals surface area contributed by atoms with Crippen molar-refractivity contribution in [3.8, 4) is 0 Å². The third-order valence-electron chi connectivity index (χ3n) is 7.29. The molecule has 0 saturated carbocycles. The lowest BCUT2D eigenvalue weighted by atomic mass is 9.71. The van der Waals surface area contributed by atoms with E-state index in [9.17, 15) is 9.59 Å². The minimum atomic E-state index is 0. The van der Waals surface area contributed by atoms with Crippen LogP contribution in [0.1, 0.15) is 51.4 Å². The van der Waals surface area contributed by atoms with E-state index in [4.69, 9.17) is 0 Å². The van der Waals surface area contributed by atoms with Crippen LogP contribution < -0.4 is 5.32 Å². The Bertz CT molecular complexity index is 514. The van der Waals surface area contributed by atoms with Gasteiger partial charge in [0.1, 0.15) is 0 Å². The van der Waals surface area contributed by atoms with E-state index in [2.05, 4.69) is 10.2 Å². The molecule has 0 unspecified atom stereocenters. The number of piperidine rings is 3. The fourth-order valence-electron chi connectivity index (χ4n) is 5.34. The van der Waals surface area contributed by atoms with Crippen LogP contribution in [0.5, 0.6) is 0 Å². The highest BCUT2D eigenvalue weighted by molar-refractivity contribution is 5.85. The minimum Gasteiger partial charge on any atom is -0.342 e. The van der Waals surface area contributed by atoms with Crippen molar-refractivity contribution in [1.29, 1.82) is 0 Å². The lowest BCUT2D eigenvalue weighted by Gasteiger charge is -2.45. The molecule has 1 spiro atoms. The molecule has 4 saturated heterocycles. The Morgan fingerprint density at radius 2 is 1.30 bits per heavy atom. The Balaban J connectivity index is 0.00000210. The van der Waals surface area contributed by atoms with Crippen LogP contribution in [0.15, 0.2) is 0 Å². The number of carbonyl (C=O) groups is 2. The maximum absolute atomic E-state index is 13.0. The molecule has 4 aliphatic heterocycles. The number of carbonyl (C=O) groups excluding carboxylic acids is 2. The van der Waals surface area contributed by atoms with Crippen molar-refractivity contribution in [2.75, 3.05) is 52.4 Å². The Labute approximate surface area is 169 Å². The summed E-state index contributed by atoms with van der Waals surface area (Å²) in [4.78, 5) is 31.5. The van der Waals surface area contributed by atoms with E-state index in [1.54, 1.807) is 0 Å². The van der Waals surface area contributed by atoms with E-state index < -0.39 is 0 Å². The van der Waals surface area contributed by atoms with Crippen LogP contribution in [-0.2, 0) is 4.79 Å². The number of urea groups is 1. The molecule has 0 radical (unpaired) electrons. The molecule has 27 heavy (non-hydrogen) atoms. The normalized spacial score (nSPS) is 26.1. The van der Waals surface area contributed by atoms with Gasteiger partial charge in [0, 0.05) is 45.2 Å². The maximum Gasteiger partial charge on any atom is 0.319 e. The summed E-state index contributed by atoms with van der Waals surface area (Å²) in [5.74, 6) is 0.474. The van der Waals surface area contributed by atoms with Crippen LogP contribution in [0.2, 0.25) is 0 Å². The van der Waals surface area contributed by atoms with E-state index in [1.807, 2.05) is 9.80 Å². The molecule has 154 valence electrons. The Kier molecular flexibility index (Phi) is 6.90.